The fourth-order valence-electron chi connectivity index (χ4n) is 1.98. The van der Waals surface area contributed by atoms with Crippen molar-refractivity contribution in [3.05, 3.63) is 41.5 Å². The Kier molecular flexibility index (Phi) is 3.29. The van der Waals surface area contributed by atoms with Gasteiger partial charge in [0.25, 0.3) is 0 Å². The zero-order valence-electron chi connectivity index (χ0n) is 9.60. The number of carboxylic acid groups (broad SMARTS) is 1. The van der Waals surface area contributed by atoms with Crippen LogP contribution in [0, 0.1) is 0 Å². The van der Waals surface area contributed by atoms with Crippen molar-refractivity contribution in [2.24, 2.45) is 0 Å². The molecule has 1 fully saturated rings. The minimum absolute atomic E-state index is 0.134. The number of rotatable bonds is 5. The van der Waals surface area contributed by atoms with Crippen LogP contribution in [0.15, 0.2) is 30.3 Å². The van der Waals surface area contributed by atoms with Crippen molar-refractivity contribution in [2.45, 2.75) is 24.7 Å². The van der Waals surface area contributed by atoms with Crippen LogP contribution in [-0.4, -0.2) is 22.8 Å². The maximum atomic E-state index is 11.2. The highest BCUT2D eigenvalue weighted by molar-refractivity contribution is 5.85. The number of aliphatic hydroxyl groups excluding tert-OH is 1. The van der Waals surface area contributed by atoms with E-state index in [0.717, 1.165) is 24.0 Å². The van der Waals surface area contributed by atoms with E-state index in [9.17, 15) is 9.90 Å². The van der Waals surface area contributed by atoms with Crippen LogP contribution in [0.4, 0.5) is 0 Å². The molecule has 0 aliphatic heterocycles. The number of aliphatic hydroxyl groups is 1. The first-order chi connectivity index (χ1) is 8.19. The summed E-state index contributed by atoms with van der Waals surface area (Å²) in [5.74, 6) is -0.728. The van der Waals surface area contributed by atoms with Gasteiger partial charge in [-0.15, -0.1) is 0 Å². The summed E-state index contributed by atoms with van der Waals surface area (Å²) in [5.41, 5.74) is 1.24. The topological polar surface area (TPSA) is 57.5 Å². The summed E-state index contributed by atoms with van der Waals surface area (Å²) in [5, 5.41) is 17.9. The molecule has 0 amide bonds. The first-order valence-corrected chi connectivity index (χ1v) is 5.80. The third kappa shape index (κ3) is 2.39. The Morgan fingerprint density at radius 1 is 1.41 bits per heavy atom. The van der Waals surface area contributed by atoms with Gasteiger partial charge in [0.05, 0.1) is 5.41 Å². The lowest BCUT2D eigenvalue weighted by molar-refractivity contribution is -0.140. The second kappa shape index (κ2) is 4.72. The fourth-order valence-corrected chi connectivity index (χ4v) is 1.98. The van der Waals surface area contributed by atoms with Gasteiger partial charge in [0, 0.05) is 6.61 Å². The lowest BCUT2D eigenvalue weighted by atomic mass is 9.94. The Labute approximate surface area is 100 Å². The van der Waals surface area contributed by atoms with E-state index in [4.69, 9.17) is 5.11 Å². The molecule has 17 heavy (non-hydrogen) atoms. The molecule has 0 saturated heterocycles. The fraction of sp³-hybridized carbons (Fsp3) is 0.357. The first kappa shape index (κ1) is 11.9. The highest BCUT2D eigenvalue weighted by Gasteiger charge is 2.51. The standard InChI is InChI=1S/C14H16O3/c15-9-2-1-4-11-5-3-6-12(10-11)14(7-8-14)13(16)17/h1,3-6,10,15H,2,7-9H2,(H,16,17). The number of carbonyl (C=O) groups is 1. The Balaban J connectivity index is 2.20. The minimum Gasteiger partial charge on any atom is -0.481 e. The van der Waals surface area contributed by atoms with Gasteiger partial charge < -0.3 is 10.2 Å². The van der Waals surface area contributed by atoms with E-state index in [1.165, 1.54) is 0 Å². The van der Waals surface area contributed by atoms with Crippen LogP contribution in [-0.2, 0) is 10.2 Å². The van der Waals surface area contributed by atoms with E-state index < -0.39 is 11.4 Å². The monoisotopic (exact) mass is 232 g/mol. The molecule has 0 atom stereocenters. The van der Waals surface area contributed by atoms with E-state index in [0.29, 0.717) is 6.42 Å². The quantitative estimate of drug-likeness (QED) is 0.818. The summed E-state index contributed by atoms with van der Waals surface area (Å²) >= 11 is 0. The van der Waals surface area contributed by atoms with E-state index in [-0.39, 0.29) is 6.61 Å². The number of aliphatic carboxylic acids is 1. The van der Waals surface area contributed by atoms with Crippen LogP contribution in [0.2, 0.25) is 0 Å². The lowest BCUT2D eigenvalue weighted by Crippen LogP contribution is -2.19. The maximum Gasteiger partial charge on any atom is 0.314 e. The average molecular weight is 232 g/mol. The van der Waals surface area contributed by atoms with Crippen LogP contribution in [0.1, 0.15) is 30.4 Å². The normalized spacial score (nSPS) is 17.2. The van der Waals surface area contributed by atoms with E-state index >= 15 is 0 Å². The largest absolute Gasteiger partial charge is 0.481 e. The van der Waals surface area contributed by atoms with Crippen LogP contribution in [0.5, 0.6) is 0 Å². The zero-order chi connectivity index (χ0) is 12.3. The summed E-state index contributed by atoms with van der Waals surface area (Å²) < 4.78 is 0. The highest BCUT2D eigenvalue weighted by Crippen LogP contribution is 2.48. The molecule has 2 rings (SSSR count). The Bertz CT molecular complexity index is 445. The van der Waals surface area contributed by atoms with Gasteiger partial charge in [-0.25, -0.2) is 0 Å². The van der Waals surface area contributed by atoms with E-state index in [1.54, 1.807) is 0 Å². The molecule has 1 aliphatic rings. The zero-order valence-corrected chi connectivity index (χ0v) is 9.60. The van der Waals surface area contributed by atoms with Gasteiger partial charge in [-0.1, -0.05) is 36.4 Å². The molecule has 0 spiro atoms. The first-order valence-electron chi connectivity index (χ1n) is 5.80. The number of hydrogen-bond acceptors (Lipinski definition) is 2. The van der Waals surface area contributed by atoms with Gasteiger partial charge in [0.2, 0.25) is 0 Å². The smallest absolute Gasteiger partial charge is 0.314 e. The van der Waals surface area contributed by atoms with Gasteiger partial charge in [-0.2, -0.15) is 0 Å². The second-order valence-corrected chi connectivity index (χ2v) is 4.43. The molecule has 1 aromatic carbocycles. The summed E-state index contributed by atoms with van der Waals surface area (Å²) in [6.07, 6.45) is 5.88. The second-order valence-electron chi connectivity index (χ2n) is 4.43. The number of benzene rings is 1. The molecule has 3 nitrogen and oxygen atoms in total. The molecule has 0 unspecified atom stereocenters. The van der Waals surface area contributed by atoms with Crippen molar-refractivity contribution in [1.29, 1.82) is 0 Å². The van der Waals surface area contributed by atoms with Crippen LogP contribution < -0.4 is 0 Å². The predicted molar refractivity (Wildman–Crippen MR) is 65.7 cm³/mol. The number of hydrogen-bond donors (Lipinski definition) is 2. The summed E-state index contributed by atoms with van der Waals surface area (Å²) in [7, 11) is 0. The van der Waals surface area contributed by atoms with Crippen molar-refractivity contribution < 1.29 is 15.0 Å². The van der Waals surface area contributed by atoms with Gasteiger partial charge in [-0.3, -0.25) is 4.79 Å². The minimum atomic E-state index is -0.728. The maximum absolute atomic E-state index is 11.2. The highest BCUT2D eigenvalue weighted by atomic mass is 16.4. The molecule has 0 heterocycles. The van der Waals surface area contributed by atoms with Gasteiger partial charge in [0.1, 0.15) is 0 Å². The predicted octanol–water partition coefficient (Wildman–Crippen LogP) is 2.20. The van der Waals surface area contributed by atoms with Crippen molar-refractivity contribution in [3.63, 3.8) is 0 Å². The van der Waals surface area contributed by atoms with Gasteiger partial charge >= 0.3 is 5.97 Å². The Morgan fingerprint density at radius 2 is 2.18 bits per heavy atom. The third-order valence-electron chi connectivity index (χ3n) is 3.20. The summed E-state index contributed by atoms with van der Waals surface area (Å²) in [6, 6.07) is 7.63. The third-order valence-corrected chi connectivity index (χ3v) is 3.20. The van der Waals surface area contributed by atoms with Gasteiger partial charge in [-0.05, 0) is 30.4 Å². The molecule has 1 saturated carbocycles. The van der Waals surface area contributed by atoms with Crippen molar-refractivity contribution in [2.75, 3.05) is 6.61 Å². The van der Waals surface area contributed by atoms with E-state index in [1.807, 2.05) is 36.4 Å². The SMILES string of the molecule is O=C(O)C1(c2cccc(C=CCCO)c2)CC1. The van der Waals surface area contributed by atoms with Gasteiger partial charge in [0.15, 0.2) is 0 Å². The van der Waals surface area contributed by atoms with E-state index in [2.05, 4.69) is 0 Å². The van der Waals surface area contributed by atoms with Crippen LogP contribution in [0.25, 0.3) is 6.08 Å². The molecule has 1 aromatic rings. The van der Waals surface area contributed by atoms with Crippen molar-refractivity contribution in [1.82, 2.24) is 0 Å². The Hall–Kier alpha value is -1.61. The van der Waals surface area contributed by atoms with Crippen molar-refractivity contribution >= 4 is 12.0 Å². The molecule has 3 heteroatoms. The Morgan fingerprint density at radius 3 is 2.76 bits per heavy atom. The molecule has 90 valence electrons. The number of carboxylic acids is 1. The summed E-state index contributed by atoms with van der Waals surface area (Å²) in [6.45, 7) is 0.134. The lowest BCUT2D eigenvalue weighted by Gasteiger charge is -2.10. The molecule has 1 aliphatic carbocycles. The molecule has 0 radical (unpaired) electrons. The average Bonchev–Trinajstić information content (AvgIpc) is 3.11. The van der Waals surface area contributed by atoms with Crippen LogP contribution in [0.3, 0.4) is 0 Å². The summed E-state index contributed by atoms with van der Waals surface area (Å²) in [4.78, 5) is 11.2. The van der Waals surface area contributed by atoms with Crippen LogP contribution >= 0.6 is 0 Å². The molecule has 0 aromatic heterocycles. The molecule has 2 N–H and O–H groups in total. The molecular weight excluding hydrogens is 216 g/mol. The molecular formula is C14H16O3. The van der Waals surface area contributed by atoms with Crippen molar-refractivity contribution in [3.8, 4) is 0 Å². The molecule has 0 bridgehead atoms.